The lowest BCUT2D eigenvalue weighted by molar-refractivity contribution is 0.143. The van der Waals surface area contributed by atoms with E-state index in [9.17, 15) is 4.79 Å². The molecule has 0 saturated carbocycles. The highest BCUT2D eigenvalue weighted by molar-refractivity contribution is 6.09. The van der Waals surface area contributed by atoms with Crippen molar-refractivity contribution in [3.8, 4) is 0 Å². The fourth-order valence-corrected chi connectivity index (χ4v) is 6.16. The summed E-state index contributed by atoms with van der Waals surface area (Å²) in [6.45, 7) is 7.29. The fraction of sp³-hybridized carbons (Fsp3) is 0.577. The number of nitrogens with zero attached hydrogens (tertiary/aromatic N) is 5. The Morgan fingerprint density at radius 3 is 2.74 bits per heavy atom. The monoisotopic (exact) mass is 461 g/mol. The van der Waals surface area contributed by atoms with Gasteiger partial charge in [0.25, 0.3) is 0 Å². The van der Waals surface area contributed by atoms with E-state index in [-0.39, 0.29) is 12.1 Å². The van der Waals surface area contributed by atoms with Gasteiger partial charge in [-0.25, -0.2) is 14.8 Å². The number of piperidine rings is 2. The quantitative estimate of drug-likeness (QED) is 0.621. The number of aromatic nitrogens is 3. The minimum absolute atomic E-state index is 0.139. The second kappa shape index (κ2) is 9.41. The van der Waals surface area contributed by atoms with Gasteiger partial charge in [0, 0.05) is 67.6 Å². The van der Waals surface area contributed by atoms with E-state index in [0.29, 0.717) is 5.92 Å². The van der Waals surface area contributed by atoms with Gasteiger partial charge in [-0.05, 0) is 69.7 Å². The summed E-state index contributed by atoms with van der Waals surface area (Å²) in [6, 6.07) is 4.58. The van der Waals surface area contributed by atoms with Crippen molar-refractivity contribution in [2.24, 2.45) is 5.92 Å². The lowest BCUT2D eigenvalue weighted by Crippen LogP contribution is -2.52. The number of amides is 2. The van der Waals surface area contributed by atoms with E-state index in [1.807, 2.05) is 24.7 Å². The first kappa shape index (κ1) is 21.6. The number of nitrogens with one attached hydrogen (secondary N) is 2. The van der Waals surface area contributed by atoms with Crippen molar-refractivity contribution < 1.29 is 4.79 Å². The first-order valence-corrected chi connectivity index (χ1v) is 13.0. The number of likely N-dealkylation sites (tertiary alicyclic amines) is 2. The average molecular weight is 462 g/mol. The maximum Gasteiger partial charge on any atom is 0.317 e. The highest BCUT2D eigenvalue weighted by Gasteiger charge is 2.29. The number of anilines is 1. The van der Waals surface area contributed by atoms with E-state index in [4.69, 9.17) is 0 Å². The van der Waals surface area contributed by atoms with Gasteiger partial charge < -0.3 is 25.0 Å². The molecule has 34 heavy (non-hydrogen) atoms. The molecule has 1 atom stereocenters. The Balaban J connectivity index is 1.07. The first-order valence-electron chi connectivity index (χ1n) is 13.0. The Kier molecular flexibility index (Phi) is 5.99. The molecular formula is C26H35N7O. The zero-order valence-electron chi connectivity index (χ0n) is 19.9. The summed E-state index contributed by atoms with van der Waals surface area (Å²) in [5, 5.41) is 5.63. The van der Waals surface area contributed by atoms with Gasteiger partial charge in [0.1, 0.15) is 0 Å². The summed E-state index contributed by atoms with van der Waals surface area (Å²) in [5.41, 5.74) is 3.04. The molecule has 6 heterocycles. The molecule has 0 radical (unpaired) electrons. The molecule has 2 N–H and O–H groups in total. The van der Waals surface area contributed by atoms with Gasteiger partial charge in [-0.15, -0.1) is 0 Å². The van der Waals surface area contributed by atoms with Crippen LogP contribution in [0.4, 0.5) is 10.5 Å². The average Bonchev–Trinajstić information content (AvgIpc) is 3.56. The maximum atomic E-state index is 13.1. The fourth-order valence-electron chi connectivity index (χ4n) is 6.16. The molecule has 3 aromatic rings. The Bertz CT molecular complexity index is 1150. The highest BCUT2D eigenvalue weighted by Crippen LogP contribution is 2.32. The van der Waals surface area contributed by atoms with Gasteiger partial charge in [-0.2, -0.15) is 0 Å². The van der Waals surface area contributed by atoms with Crippen LogP contribution in [0.1, 0.15) is 38.5 Å². The molecule has 2 amide bonds. The van der Waals surface area contributed by atoms with Crippen LogP contribution in [0.2, 0.25) is 0 Å². The number of urea groups is 1. The third kappa shape index (κ3) is 4.31. The summed E-state index contributed by atoms with van der Waals surface area (Å²) in [5.74, 6) is 0.625. The van der Waals surface area contributed by atoms with Crippen molar-refractivity contribution in [2.75, 3.05) is 50.7 Å². The van der Waals surface area contributed by atoms with Crippen LogP contribution >= 0.6 is 0 Å². The van der Waals surface area contributed by atoms with Crippen LogP contribution < -0.4 is 10.2 Å². The van der Waals surface area contributed by atoms with E-state index >= 15 is 0 Å². The van der Waals surface area contributed by atoms with Crippen molar-refractivity contribution in [1.29, 1.82) is 0 Å². The Morgan fingerprint density at radius 2 is 1.88 bits per heavy atom. The Morgan fingerprint density at radius 1 is 1.03 bits per heavy atom. The lowest BCUT2D eigenvalue weighted by Gasteiger charge is -2.38. The predicted octanol–water partition coefficient (Wildman–Crippen LogP) is 3.60. The number of carbonyl (C=O) groups is 1. The molecule has 3 fully saturated rings. The van der Waals surface area contributed by atoms with Crippen LogP contribution in [0.5, 0.6) is 0 Å². The van der Waals surface area contributed by atoms with Gasteiger partial charge in [0.05, 0.1) is 11.7 Å². The molecule has 6 rings (SSSR count). The van der Waals surface area contributed by atoms with E-state index in [2.05, 4.69) is 41.0 Å². The number of hydrogen-bond acceptors (Lipinski definition) is 5. The molecule has 3 aliphatic heterocycles. The molecule has 8 nitrogen and oxygen atoms in total. The Hall–Kier alpha value is -2.87. The largest absolute Gasteiger partial charge is 0.371 e. The minimum atomic E-state index is 0.139. The molecule has 3 aliphatic rings. The van der Waals surface area contributed by atoms with E-state index in [1.165, 1.54) is 43.4 Å². The molecule has 0 bridgehead atoms. The van der Waals surface area contributed by atoms with Crippen LogP contribution in [0.25, 0.3) is 21.9 Å². The molecule has 1 unspecified atom stereocenters. The van der Waals surface area contributed by atoms with E-state index < -0.39 is 0 Å². The van der Waals surface area contributed by atoms with E-state index in [1.54, 1.807) is 0 Å². The molecule has 0 aromatic carbocycles. The number of fused-ring (bicyclic) bond motifs is 3. The summed E-state index contributed by atoms with van der Waals surface area (Å²) < 4.78 is 0. The highest BCUT2D eigenvalue weighted by atomic mass is 16.2. The zero-order chi connectivity index (χ0) is 22.9. The molecule has 8 heteroatoms. The normalized spacial score (nSPS) is 22.6. The van der Waals surface area contributed by atoms with Gasteiger partial charge in [-0.1, -0.05) is 0 Å². The van der Waals surface area contributed by atoms with Crippen LogP contribution in [-0.2, 0) is 0 Å². The Labute approximate surface area is 200 Å². The van der Waals surface area contributed by atoms with Crippen LogP contribution in [-0.4, -0.2) is 82.6 Å². The molecule has 0 spiro atoms. The molecule has 0 aliphatic carbocycles. The van der Waals surface area contributed by atoms with Crippen molar-refractivity contribution in [2.45, 2.75) is 44.6 Å². The molecule has 180 valence electrons. The second-order valence-corrected chi connectivity index (χ2v) is 10.3. The number of aromatic amines is 1. The van der Waals surface area contributed by atoms with Crippen molar-refractivity contribution in [1.82, 2.24) is 30.1 Å². The second-order valence-electron chi connectivity index (χ2n) is 10.3. The van der Waals surface area contributed by atoms with Crippen molar-refractivity contribution in [3.05, 3.63) is 30.7 Å². The number of carbonyl (C=O) groups excluding carboxylic acids is 1. The number of H-pyrrole nitrogens is 1. The predicted molar refractivity (Wildman–Crippen MR) is 135 cm³/mol. The van der Waals surface area contributed by atoms with Crippen LogP contribution in [0, 0.1) is 5.92 Å². The minimum Gasteiger partial charge on any atom is -0.371 e. The van der Waals surface area contributed by atoms with Gasteiger partial charge >= 0.3 is 6.03 Å². The van der Waals surface area contributed by atoms with Gasteiger partial charge in [0.15, 0.2) is 5.65 Å². The number of rotatable bonds is 4. The summed E-state index contributed by atoms with van der Waals surface area (Å²) in [7, 11) is 0. The van der Waals surface area contributed by atoms with Crippen LogP contribution in [0.15, 0.2) is 30.7 Å². The topological polar surface area (TPSA) is 80.4 Å². The maximum absolute atomic E-state index is 13.1. The SMILES string of the molecule is O=C(NC1CCN(c2cc[nH]c3cnc4nccc4c23)CC1)N1CCCC(CN2CCCC2)C1. The van der Waals surface area contributed by atoms with E-state index in [0.717, 1.165) is 68.5 Å². The summed E-state index contributed by atoms with van der Waals surface area (Å²) >= 11 is 0. The number of hydrogen-bond donors (Lipinski definition) is 2. The lowest BCUT2D eigenvalue weighted by atomic mass is 9.97. The number of pyridine rings is 2. The van der Waals surface area contributed by atoms with Gasteiger partial charge in [0.2, 0.25) is 0 Å². The van der Waals surface area contributed by atoms with Crippen molar-refractivity contribution in [3.63, 3.8) is 0 Å². The standard InChI is InChI=1S/C26H35N7O/c34-26(33-13-3-4-19(18-33)17-31-11-1-2-12-31)30-20-7-14-32(15-8-20)23-6-10-27-22-16-29-25-21(24(22)23)5-9-28-25/h5-6,9-10,16,19-20,27H,1-4,7-8,11-15,17-18H2,(H,30,34). The zero-order valence-corrected chi connectivity index (χ0v) is 19.9. The third-order valence-corrected chi connectivity index (χ3v) is 7.95. The molecule has 3 saturated heterocycles. The van der Waals surface area contributed by atoms with Crippen LogP contribution in [0.3, 0.4) is 0 Å². The molecule has 3 aromatic heterocycles. The summed E-state index contributed by atoms with van der Waals surface area (Å²) in [4.78, 5) is 32.3. The third-order valence-electron chi connectivity index (χ3n) is 7.95. The van der Waals surface area contributed by atoms with Crippen molar-refractivity contribution >= 4 is 33.7 Å². The smallest absolute Gasteiger partial charge is 0.317 e. The van der Waals surface area contributed by atoms with Gasteiger partial charge in [-0.3, -0.25) is 0 Å². The first-order chi connectivity index (χ1) is 16.7. The molecular weight excluding hydrogens is 426 g/mol. The summed E-state index contributed by atoms with van der Waals surface area (Å²) in [6.07, 6.45) is 12.7.